The molecule has 3 aromatic rings. The van der Waals surface area contributed by atoms with Crippen LogP contribution in [0.2, 0.25) is 0 Å². The molecule has 0 saturated carbocycles. The van der Waals surface area contributed by atoms with Crippen molar-refractivity contribution < 1.29 is 19.7 Å². The van der Waals surface area contributed by atoms with Gasteiger partial charge in [0.2, 0.25) is 0 Å². The van der Waals surface area contributed by atoms with Crippen LogP contribution in [0.15, 0.2) is 59.1 Å². The smallest absolute Gasteiger partial charge is 0.168 e. The average Bonchev–Trinajstić information content (AvgIpc) is 2.69. The number of hydrogen-bond donors (Lipinski definition) is 2. The van der Waals surface area contributed by atoms with Crippen molar-refractivity contribution in [1.29, 1.82) is 0 Å². The van der Waals surface area contributed by atoms with E-state index in [1.165, 1.54) is 0 Å². The number of hydrogen-bond acceptors (Lipinski definition) is 4. The minimum Gasteiger partial charge on any atom is -0.504 e. The highest BCUT2D eigenvalue weighted by Gasteiger charge is 2.22. The topological polar surface area (TPSA) is 66.8 Å². The van der Waals surface area contributed by atoms with Crippen LogP contribution in [0.5, 0.6) is 11.5 Å². The van der Waals surface area contributed by atoms with Crippen LogP contribution in [-0.4, -0.2) is 16.5 Å². The standard InChI is InChI=1S/C22H19BrO4/c1-14-20(16-7-9-17(23)10-8-16)19(18(11-24)22(26)21(14)25)13-27-12-15-5-3-2-4-6-15/h2-11,25-26H,12-13H2,1H3. The fraction of sp³-hybridized carbons (Fsp3) is 0.136. The molecule has 0 aromatic heterocycles. The third-order valence-electron chi connectivity index (χ3n) is 4.45. The van der Waals surface area contributed by atoms with Crippen LogP contribution >= 0.6 is 15.9 Å². The number of aldehydes is 1. The van der Waals surface area contributed by atoms with E-state index < -0.39 is 5.75 Å². The number of phenols is 2. The Labute approximate surface area is 166 Å². The molecule has 0 atom stereocenters. The van der Waals surface area contributed by atoms with E-state index in [2.05, 4.69) is 15.9 Å². The quantitative estimate of drug-likeness (QED) is 0.410. The van der Waals surface area contributed by atoms with Gasteiger partial charge in [-0.25, -0.2) is 0 Å². The first-order chi connectivity index (χ1) is 13.0. The van der Waals surface area contributed by atoms with Crippen molar-refractivity contribution in [3.8, 4) is 22.6 Å². The van der Waals surface area contributed by atoms with Gasteiger partial charge >= 0.3 is 0 Å². The molecule has 0 fully saturated rings. The Morgan fingerprint density at radius 3 is 2.26 bits per heavy atom. The molecule has 3 rings (SSSR count). The summed E-state index contributed by atoms with van der Waals surface area (Å²) in [6.07, 6.45) is 0.554. The molecule has 2 N–H and O–H groups in total. The van der Waals surface area contributed by atoms with Gasteiger partial charge < -0.3 is 14.9 Å². The van der Waals surface area contributed by atoms with Crippen molar-refractivity contribution in [3.05, 3.63) is 81.3 Å². The molecular formula is C22H19BrO4. The van der Waals surface area contributed by atoms with E-state index in [0.29, 0.717) is 29.6 Å². The van der Waals surface area contributed by atoms with Crippen molar-refractivity contribution in [1.82, 2.24) is 0 Å². The van der Waals surface area contributed by atoms with E-state index in [1.54, 1.807) is 6.92 Å². The van der Waals surface area contributed by atoms with Gasteiger partial charge in [0.05, 0.1) is 18.8 Å². The number of aromatic hydroxyl groups is 2. The molecular weight excluding hydrogens is 408 g/mol. The first-order valence-corrected chi connectivity index (χ1v) is 9.22. The number of carbonyl (C=O) groups is 1. The maximum Gasteiger partial charge on any atom is 0.168 e. The summed E-state index contributed by atoms with van der Waals surface area (Å²) in [5, 5.41) is 20.5. The van der Waals surface area contributed by atoms with E-state index in [4.69, 9.17) is 4.74 Å². The molecule has 0 heterocycles. The minimum atomic E-state index is -0.415. The second-order valence-electron chi connectivity index (χ2n) is 6.19. The largest absolute Gasteiger partial charge is 0.504 e. The highest BCUT2D eigenvalue weighted by Crippen LogP contribution is 2.42. The maximum absolute atomic E-state index is 11.6. The Kier molecular flexibility index (Phi) is 5.94. The first kappa shape index (κ1) is 19.1. The summed E-state index contributed by atoms with van der Waals surface area (Å²) in [6, 6.07) is 17.2. The van der Waals surface area contributed by atoms with Crippen molar-refractivity contribution in [2.75, 3.05) is 0 Å². The number of halogens is 1. The molecule has 0 saturated heterocycles. The van der Waals surface area contributed by atoms with Gasteiger partial charge in [-0.2, -0.15) is 0 Å². The Hall–Kier alpha value is -2.63. The van der Waals surface area contributed by atoms with Crippen molar-refractivity contribution in [2.24, 2.45) is 0 Å². The molecule has 138 valence electrons. The van der Waals surface area contributed by atoms with Crippen LogP contribution in [0.1, 0.15) is 27.0 Å². The molecule has 0 aliphatic heterocycles. The summed E-state index contributed by atoms with van der Waals surface area (Å²) in [5.74, 6) is -0.705. The van der Waals surface area contributed by atoms with Gasteiger partial charge in [-0.3, -0.25) is 4.79 Å². The van der Waals surface area contributed by atoms with Crippen molar-refractivity contribution >= 4 is 22.2 Å². The predicted octanol–water partition coefficient (Wildman–Crippen LogP) is 5.37. The summed E-state index contributed by atoms with van der Waals surface area (Å²) in [4.78, 5) is 11.6. The lowest BCUT2D eigenvalue weighted by Gasteiger charge is -2.19. The van der Waals surface area contributed by atoms with E-state index in [-0.39, 0.29) is 17.9 Å². The number of rotatable bonds is 6. The first-order valence-electron chi connectivity index (χ1n) is 8.43. The molecule has 0 unspecified atom stereocenters. The van der Waals surface area contributed by atoms with Gasteiger partial charge in [0.15, 0.2) is 17.8 Å². The third kappa shape index (κ3) is 4.04. The van der Waals surface area contributed by atoms with E-state index >= 15 is 0 Å². The fourth-order valence-electron chi connectivity index (χ4n) is 3.06. The summed E-state index contributed by atoms with van der Waals surface area (Å²) >= 11 is 3.41. The Bertz CT molecular complexity index is 951. The maximum atomic E-state index is 11.6. The molecule has 0 radical (unpaired) electrons. The van der Waals surface area contributed by atoms with E-state index in [0.717, 1.165) is 15.6 Å². The molecule has 0 amide bonds. The average molecular weight is 427 g/mol. The van der Waals surface area contributed by atoms with Gasteiger partial charge in [0.1, 0.15) is 0 Å². The fourth-order valence-corrected chi connectivity index (χ4v) is 3.32. The number of benzene rings is 3. The van der Waals surface area contributed by atoms with Gasteiger partial charge in [-0.15, -0.1) is 0 Å². The number of ether oxygens (including phenoxy) is 1. The van der Waals surface area contributed by atoms with Crippen LogP contribution in [0.4, 0.5) is 0 Å². The number of phenolic OH excluding ortho intramolecular Hbond substituents is 2. The monoisotopic (exact) mass is 426 g/mol. The van der Waals surface area contributed by atoms with Gasteiger partial charge in [0.25, 0.3) is 0 Å². The van der Waals surface area contributed by atoms with E-state index in [9.17, 15) is 15.0 Å². The van der Waals surface area contributed by atoms with Crippen molar-refractivity contribution in [3.63, 3.8) is 0 Å². The zero-order chi connectivity index (χ0) is 19.4. The summed E-state index contributed by atoms with van der Waals surface area (Å²) in [7, 11) is 0. The lowest BCUT2D eigenvalue weighted by Crippen LogP contribution is -2.04. The second kappa shape index (κ2) is 8.37. The minimum absolute atomic E-state index is 0.0454. The Morgan fingerprint density at radius 1 is 0.963 bits per heavy atom. The molecule has 0 aliphatic carbocycles. The molecule has 0 bridgehead atoms. The van der Waals surface area contributed by atoms with Crippen LogP contribution < -0.4 is 0 Å². The van der Waals surface area contributed by atoms with Gasteiger partial charge in [-0.1, -0.05) is 58.4 Å². The number of carbonyl (C=O) groups excluding carboxylic acids is 1. The predicted molar refractivity (Wildman–Crippen MR) is 108 cm³/mol. The third-order valence-corrected chi connectivity index (χ3v) is 4.97. The SMILES string of the molecule is Cc1c(O)c(O)c(C=O)c(COCc2ccccc2)c1-c1ccc(Br)cc1. The van der Waals surface area contributed by atoms with Gasteiger partial charge in [-0.05, 0) is 35.7 Å². The lowest BCUT2D eigenvalue weighted by atomic mass is 9.90. The molecule has 5 heteroatoms. The molecule has 0 aliphatic rings. The molecule has 27 heavy (non-hydrogen) atoms. The van der Waals surface area contributed by atoms with E-state index in [1.807, 2.05) is 54.6 Å². The lowest BCUT2D eigenvalue weighted by molar-refractivity contribution is 0.103. The highest BCUT2D eigenvalue weighted by atomic mass is 79.9. The van der Waals surface area contributed by atoms with Gasteiger partial charge in [0, 0.05) is 15.6 Å². The van der Waals surface area contributed by atoms with Crippen molar-refractivity contribution in [2.45, 2.75) is 20.1 Å². The Morgan fingerprint density at radius 2 is 1.63 bits per heavy atom. The summed E-state index contributed by atoms with van der Waals surface area (Å²) in [6.45, 7) is 2.21. The second-order valence-corrected chi connectivity index (χ2v) is 7.11. The van der Waals surface area contributed by atoms with Crippen LogP contribution in [0.3, 0.4) is 0 Å². The van der Waals surface area contributed by atoms with Crippen LogP contribution in [-0.2, 0) is 18.0 Å². The summed E-state index contributed by atoms with van der Waals surface area (Å²) < 4.78 is 6.74. The Balaban J connectivity index is 2.03. The van der Waals surface area contributed by atoms with Crippen LogP contribution in [0, 0.1) is 6.92 Å². The molecule has 0 spiro atoms. The normalized spacial score (nSPS) is 10.7. The molecule has 3 aromatic carbocycles. The summed E-state index contributed by atoms with van der Waals surface area (Å²) in [5.41, 5.74) is 3.62. The molecule has 4 nitrogen and oxygen atoms in total. The zero-order valence-corrected chi connectivity index (χ0v) is 16.4. The van der Waals surface area contributed by atoms with Crippen LogP contribution in [0.25, 0.3) is 11.1 Å². The zero-order valence-electron chi connectivity index (χ0n) is 14.8. The highest BCUT2D eigenvalue weighted by molar-refractivity contribution is 9.10.